The van der Waals surface area contributed by atoms with Crippen molar-refractivity contribution >= 4 is 23.4 Å². The van der Waals surface area contributed by atoms with Crippen molar-refractivity contribution in [3.8, 4) is 0 Å². The molecule has 0 aromatic carbocycles. The molecule has 4 heteroatoms. The Kier molecular flexibility index (Phi) is 5.29. The maximum absolute atomic E-state index is 10.7. The Morgan fingerprint density at radius 1 is 1.37 bits per heavy atom. The number of rotatable bonds is 5. The first-order valence-electron chi connectivity index (χ1n) is 6.71. The van der Waals surface area contributed by atoms with Gasteiger partial charge in [0.05, 0.1) is 15.6 Å². The van der Waals surface area contributed by atoms with Gasteiger partial charge in [0.15, 0.2) is 0 Å². The topological polar surface area (TPSA) is 50.2 Å². The number of carbonyl (C=O) groups is 1. The molecule has 1 aromatic rings. The van der Waals surface area contributed by atoms with E-state index in [9.17, 15) is 4.79 Å². The van der Waals surface area contributed by atoms with Gasteiger partial charge in [0, 0.05) is 17.4 Å². The lowest BCUT2D eigenvalue weighted by atomic mass is 9.91. The summed E-state index contributed by atoms with van der Waals surface area (Å²) in [4.78, 5) is 16.4. The number of carboxylic acid groups (broad SMARTS) is 1. The van der Waals surface area contributed by atoms with Crippen molar-refractivity contribution in [2.75, 3.05) is 0 Å². The number of hydrogen-bond donors (Lipinski definition) is 1. The molecule has 0 aliphatic heterocycles. The van der Waals surface area contributed by atoms with Crippen LogP contribution in [0.3, 0.4) is 0 Å². The summed E-state index contributed by atoms with van der Waals surface area (Å²) in [7, 11) is 0. The minimum Gasteiger partial charge on any atom is -0.478 e. The van der Waals surface area contributed by atoms with Crippen LogP contribution in [0.25, 0.3) is 6.08 Å². The summed E-state index contributed by atoms with van der Waals surface area (Å²) in [5, 5.41) is 9.90. The van der Waals surface area contributed by atoms with E-state index in [0.717, 1.165) is 28.4 Å². The first kappa shape index (κ1) is 15.9. The molecule has 0 amide bonds. The second kappa shape index (κ2) is 6.33. The van der Waals surface area contributed by atoms with Crippen LogP contribution in [0.1, 0.15) is 69.0 Å². The van der Waals surface area contributed by atoms with E-state index in [-0.39, 0.29) is 5.41 Å². The number of carboxylic acids is 1. The SMILES string of the molecule is CCC(CC)c1nc(C(C)(C)C)c(/C=C/C(=O)O)s1. The molecule has 1 N–H and O–H groups in total. The van der Waals surface area contributed by atoms with E-state index < -0.39 is 5.97 Å². The molecule has 0 saturated carbocycles. The molecule has 1 rings (SSSR count). The van der Waals surface area contributed by atoms with E-state index in [2.05, 4.69) is 34.6 Å². The van der Waals surface area contributed by atoms with Crippen LogP contribution < -0.4 is 0 Å². The van der Waals surface area contributed by atoms with Gasteiger partial charge in [-0.05, 0) is 18.9 Å². The van der Waals surface area contributed by atoms with Crippen LogP contribution in [0.4, 0.5) is 0 Å². The highest BCUT2D eigenvalue weighted by atomic mass is 32.1. The van der Waals surface area contributed by atoms with Gasteiger partial charge in [-0.15, -0.1) is 11.3 Å². The Labute approximate surface area is 119 Å². The van der Waals surface area contributed by atoms with Crippen LogP contribution in [-0.4, -0.2) is 16.1 Å². The highest BCUT2D eigenvalue weighted by Gasteiger charge is 2.24. The van der Waals surface area contributed by atoms with Crippen molar-refractivity contribution in [3.05, 3.63) is 21.7 Å². The van der Waals surface area contributed by atoms with Gasteiger partial charge in [0.1, 0.15) is 0 Å². The molecule has 3 nitrogen and oxygen atoms in total. The number of nitrogens with zero attached hydrogens (tertiary/aromatic N) is 1. The second-order valence-electron chi connectivity index (χ2n) is 5.70. The Morgan fingerprint density at radius 2 is 1.95 bits per heavy atom. The largest absolute Gasteiger partial charge is 0.478 e. The summed E-state index contributed by atoms with van der Waals surface area (Å²) < 4.78 is 0. The number of aliphatic carboxylic acids is 1. The second-order valence-corrected chi connectivity index (χ2v) is 6.76. The average Bonchev–Trinajstić information content (AvgIpc) is 2.72. The third kappa shape index (κ3) is 4.16. The molecule has 1 aromatic heterocycles. The minimum absolute atomic E-state index is 0.0705. The van der Waals surface area contributed by atoms with Crippen LogP contribution >= 0.6 is 11.3 Å². The third-order valence-corrected chi connectivity index (χ3v) is 4.28. The van der Waals surface area contributed by atoms with Gasteiger partial charge in [-0.2, -0.15) is 0 Å². The maximum atomic E-state index is 10.7. The highest BCUT2D eigenvalue weighted by Crippen LogP contribution is 2.35. The van der Waals surface area contributed by atoms with E-state index in [1.807, 2.05) is 0 Å². The summed E-state index contributed by atoms with van der Waals surface area (Å²) in [5.74, 6) is -0.449. The molecular formula is C15H23NO2S. The molecule has 1 heterocycles. The van der Waals surface area contributed by atoms with Crippen molar-refractivity contribution < 1.29 is 9.90 Å². The van der Waals surface area contributed by atoms with Crippen LogP contribution in [0, 0.1) is 0 Å². The zero-order chi connectivity index (χ0) is 14.6. The summed E-state index contributed by atoms with van der Waals surface area (Å²) in [6.07, 6.45) is 5.00. The molecule has 0 spiro atoms. The monoisotopic (exact) mass is 281 g/mol. The van der Waals surface area contributed by atoms with Gasteiger partial charge in [0.2, 0.25) is 0 Å². The van der Waals surface area contributed by atoms with Crippen molar-refractivity contribution in [3.63, 3.8) is 0 Å². The Balaban J connectivity index is 3.23. The summed E-state index contributed by atoms with van der Waals surface area (Å²) in [6, 6.07) is 0. The molecule has 0 atom stereocenters. The molecule has 0 saturated heterocycles. The van der Waals surface area contributed by atoms with Crippen molar-refractivity contribution in [1.82, 2.24) is 4.98 Å². The predicted octanol–water partition coefficient (Wildman–Crippen LogP) is 4.44. The molecule has 19 heavy (non-hydrogen) atoms. The smallest absolute Gasteiger partial charge is 0.328 e. The van der Waals surface area contributed by atoms with Gasteiger partial charge >= 0.3 is 5.97 Å². The number of thiazole rings is 1. The normalized spacial score (nSPS) is 12.5. The molecular weight excluding hydrogens is 258 g/mol. The molecule has 106 valence electrons. The van der Waals surface area contributed by atoms with Gasteiger partial charge < -0.3 is 5.11 Å². The third-order valence-electron chi connectivity index (χ3n) is 3.09. The fraction of sp³-hybridized carbons (Fsp3) is 0.600. The number of aromatic nitrogens is 1. The van der Waals surface area contributed by atoms with Crippen molar-refractivity contribution in [2.45, 2.75) is 58.8 Å². The van der Waals surface area contributed by atoms with E-state index in [0.29, 0.717) is 5.92 Å². The van der Waals surface area contributed by atoms with E-state index >= 15 is 0 Å². The molecule has 0 radical (unpaired) electrons. The lowest BCUT2D eigenvalue weighted by molar-refractivity contribution is -0.131. The van der Waals surface area contributed by atoms with E-state index in [4.69, 9.17) is 10.1 Å². The Hall–Kier alpha value is -1.16. The molecule has 0 aliphatic carbocycles. The Bertz CT molecular complexity index is 465. The summed E-state index contributed by atoms with van der Waals surface area (Å²) >= 11 is 1.62. The first-order valence-corrected chi connectivity index (χ1v) is 7.53. The van der Waals surface area contributed by atoms with E-state index in [1.165, 1.54) is 6.08 Å². The lowest BCUT2D eigenvalue weighted by Crippen LogP contribution is -2.13. The Morgan fingerprint density at radius 3 is 2.37 bits per heavy atom. The minimum atomic E-state index is -0.919. The van der Waals surface area contributed by atoms with Crippen molar-refractivity contribution in [1.29, 1.82) is 0 Å². The van der Waals surface area contributed by atoms with E-state index in [1.54, 1.807) is 17.4 Å². The van der Waals surface area contributed by atoms with Crippen molar-refractivity contribution in [2.24, 2.45) is 0 Å². The molecule has 0 fully saturated rings. The summed E-state index contributed by atoms with van der Waals surface area (Å²) in [6.45, 7) is 10.7. The van der Waals surface area contributed by atoms with Crippen LogP contribution in [-0.2, 0) is 10.2 Å². The molecule has 0 unspecified atom stereocenters. The average molecular weight is 281 g/mol. The van der Waals surface area contributed by atoms with Crippen LogP contribution in [0.5, 0.6) is 0 Å². The maximum Gasteiger partial charge on any atom is 0.328 e. The number of hydrogen-bond acceptors (Lipinski definition) is 3. The van der Waals surface area contributed by atoms with Gasteiger partial charge in [0.25, 0.3) is 0 Å². The summed E-state index contributed by atoms with van der Waals surface area (Å²) in [5.41, 5.74) is 0.927. The standard InChI is InChI=1S/C15H23NO2S/c1-6-10(7-2)14-16-13(15(3,4)5)11(19-14)8-9-12(17)18/h8-10H,6-7H2,1-5H3,(H,17,18)/b9-8+. The fourth-order valence-electron chi connectivity index (χ4n) is 1.96. The first-order chi connectivity index (χ1) is 8.79. The highest BCUT2D eigenvalue weighted by molar-refractivity contribution is 7.12. The van der Waals surface area contributed by atoms with Gasteiger partial charge in [-0.1, -0.05) is 34.6 Å². The lowest BCUT2D eigenvalue weighted by Gasteiger charge is -2.16. The fourth-order valence-corrected chi connectivity index (χ4v) is 3.41. The molecule has 0 bridgehead atoms. The van der Waals surface area contributed by atoms with Gasteiger partial charge in [-0.25, -0.2) is 9.78 Å². The van der Waals surface area contributed by atoms with Crippen LogP contribution in [0.15, 0.2) is 6.08 Å². The zero-order valence-corrected chi connectivity index (χ0v) is 13.2. The van der Waals surface area contributed by atoms with Crippen LogP contribution in [0.2, 0.25) is 0 Å². The van der Waals surface area contributed by atoms with Gasteiger partial charge in [-0.3, -0.25) is 0 Å². The quantitative estimate of drug-likeness (QED) is 0.812. The molecule has 0 aliphatic rings. The zero-order valence-electron chi connectivity index (χ0n) is 12.4. The predicted molar refractivity (Wildman–Crippen MR) is 80.8 cm³/mol.